The molecule has 0 unspecified atom stereocenters. The van der Waals surface area contributed by atoms with Crippen molar-refractivity contribution in [3.05, 3.63) is 35.7 Å². The molecule has 2 aromatic rings. The highest BCUT2D eigenvalue weighted by Gasteiger charge is 2.61. The van der Waals surface area contributed by atoms with Crippen molar-refractivity contribution in [2.45, 2.75) is 57.0 Å². The van der Waals surface area contributed by atoms with Gasteiger partial charge in [-0.3, -0.25) is 9.59 Å². The van der Waals surface area contributed by atoms with Gasteiger partial charge in [-0.1, -0.05) is 32.5 Å². The Bertz CT molecular complexity index is 976. The molecule has 4 rings (SSSR count). The van der Waals surface area contributed by atoms with Crippen molar-refractivity contribution < 1.29 is 9.59 Å². The summed E-state index contributed by atoms with van der Waals surface area (Å²) in [6.07, 6.45) is 2.26. The molecular formula is C21H25N5O2S. The Hall–Kier alpha value is -2.48. The van der Waals surface area contributed by atoms with E-state index in [0.717, 1.165) is 24.2 Å². The van der Waals surface area contributed by atoms with Crippen molar-refractivity contribution in [1.82, 2.24) is 15.2 Å². The van der Waals surface area contributed by atoms with E-state index in [2.05, 4.69) is 41.6 Å². The molecule has 2 atom stereocenters. The van der Waals surface area contributed by atoms with Gasteiger partial charge in [0.1, 0.15) is 0 Å². The standard InChI is InChI=1S/C21H25N5O2S/c1-12(27)22-13-5-7-14(8-6-13)23-16(28)11-29-19-24-18-17(25-26-19)15-9-10-21(18,4)20(15,2)3/h5-8,15H,9-11H2,1-4H3,(H,22,27)(H,23,28)/t15-,21+/m0/s1. The Morgan fingerprint density at radius 2 is 1.76 bits per heavy atom. The van der Waals surface area contributed by atoms with Crippen LogP contribution in [-0.4, -0.2) is 32.7 Å². The van der Waals surface area contributed by atoms with Gasteiger partial charge in [-0.15, -0.1) is 5.10 Å². The van der Waals surface area contributed by atoms with Gasteiger partial charge >= 0.3 is 0 Å². The first-order chi connectivity index (χ1) is 13.7. The Kier molecular flexibility index (Phi) is 4.85. The monoisotopic (exact) mass is 411 g/mol. The van der Waals surface area contributed by atoms with Crippen LogP contribution in [0.5, 0.6) is 0 Å². The normalized spacial score (nSPS) is 23.5. The number of nitrogens with one attached hydrogen (secondary N) is 2. The number of carbonyl (C=O) groups is 2. The first-order valence-corrected chi connectivity index (χ1v) is 10.7. The highest BCUT2D eigenvalue weighted by Crippen LogP contribution is 2.66. The van der Waals surface area contributed by atoms with Crippen molar-refractivity contribution in [3.8, 4) is 0 Å². The number of hydrogen-bond donors (Lipinski definition) is 2. The Morgan fingerprint density at radius 3 is 2.41 bits per heavy atom. The predicted molar refractivity (Wildman–Crippen MR) is 113 cm³/mol. The molecular weight excluding hydrogens is 386 g/mol. The summed E-state index contributed by atoms with van der Waals surface area (Å²) in [4.78, 5) is 28.2. The van der Waals surface area contributed by atoms with E-state index in [1.807, 2.05) is 0 Å². The summed E-state index contributed by atoms with van der Waals surface area (Å²) in [5, 5.41) is 14.8. The highest BCUT2D eigenvalue weighted by atomic mass is 32.2. The lowest BCUT2D eigenvalue weighted by atomic mass is 9.70. The number of hydrogen-bond acceptors (Lipinski definition) is 6. The zero-order valence-corrected chi connectivity index (χ0v) is 17.9. The summed E-state index contributed by atoms with van der Waals surface area (Å²) in [7, 11) is 0. The van der Waals surface area contributed by atoms with E-state index in [4.69, 9.17) is 4.98 Å². The molecule has 7 nitrogen and oxygen atoms in total. The van der Waals surface area contributed by atoms with E-state index >= 15 is 0 Å². The number of nitrogens with zero attached hydrogens (tertiary/aromatic N) is 3. The van der Waals surface area contributed by atoms with Crippen LogP contribution in [0.1, 0.15) is 57.8 Å². The van der Waals surface area contributed by atoms with Crippen LogP contribution in [0.3, 0.4) is 0 Å². The number of anilines is 2. The maximum Gasteiger partial charge on any atom is 0.234 e. The summed E-state index contributed by atoms with van der Waals surface area (Å²) in [5.41, 5.74) is 3.62. The number of aromatic nitrogens is 3. The van der Waals surface area contributed by atoms with Gasteiger partial charge in [-0.2, -0.15) is 5.10 Å². The van der Waals surface area contributed by atoms with E-state index < -0.39 is 0 Å². The van der Waals surface area contributed by atoms with Gasteiger partial charge in [0.2, 0.25) is 17.0 Å². The largest absolute Gasteiger partial charge is 0.326 e. The van der Waals surface area contributed by atoms with Crippen LogP contribution >= 0.6 is 11.8 Å². The second-order valence-corrected chi connectivity index (χ2v) is 9.51. The van der Waals surface area contributed by atoms with Crippen molar-refractivity contribution in [1.29, 1.82) is 0 Å². The number of benzene rings is 1. The Morgan fingerprint density at radius 1 is 1.10 bits per heavy atom. The minimum absolute atomic E-state index is 0.0240. The molecule has 1 fully saturated rings. The maximum atomic E-state index is 12.3. The van der Waals surface area contributed by atoms with Crippen molar-refractivity contribution >= 4 is 35.0 Å². The van der Waals surface area contributed by atoms with Crippen LogP contribution in [0.2, 0.25) is 0 Å². The molecule has 1 aromatic carbocycles. The quantitative estimate of drug-likeness (QED) is 0.728. The van der Waals surface area contributed by atoms with Gasteiger partial charge in [0, 0.05) is 29.6 Å². The maximum absolute atomic E-state index is 12.3. The number of thioether (sulfide) groups is 1. The number of amides is 2. The molecule has 2 aliphatic rings. The summed E-state index contributed by atoms with van der Waals surface area (Å²) in [6.45, 7) is 8.32. The molecule has 0 radical (unpaired) electrons. The molecule has 0 spiro atoms. The molecule has 2 N–H and O–H groups in total. The molecule has 29 heavy (non-hydrogen) atoms. The van der Waals surface area contributed by atoms with Crippen molar-refractivity contribution in [2.75, 3.05) is 16.4 Å². The predicted octanol–water partition coefficient (Wildman–Crippen LogP) is 3.74. The van der Waals surface area contributed by atoms with Crippen LogP contribution in [-0.2, 0) is 15.0 Å². The molecule has 152 valence electrons. The zero-order valence-electron chi connectivity index (χ0n) is 17.1. The second kappa shape index (κ2) is 7.09. The van der Waals surface area contributed by atoms with Crippen LogP contribution in [0.15, 0.2) is 29.4 Å². The molecule has 2 amide bonds. The first-order valence-electron chi connectivity index (χ1n) is 9.76. The lowest BCUT2D eigenvalue weighted by Crippen LogP contribution is -2.32. The summed E-state index contributed by atoms with van der Waals surface area (Å²) in [6, 6.07) is 6.99. The van der Waals surface area contributed by atoms with Gasteiger partial charge in [-0.25, -0.2) is 4.98 Å². The van der Waals surface area contributed by atoms with Gasteiger partial charge in [0.25, 0.3) is 0 Å². The van der Waals surface area contributed by atoms with E-state index in [1.54, 1.807) is 24.3 Å². The van der Waals surface area contributed by atoms with Crippen LogP contribution < -0.4 is 10.6 Å². The fourth-order valence-electron chi connectivity index (χ4n) is 4.59. The summed E-state index contributed by atoms with van der Waals surface area (Å²) in [5.74, 6) is 0.355. The fraction of sp³-hybridized carbons (Fsp3) is 0.476. The molecule has 8 heteroatoms. The van der Waals surface area contributed by atoms with Gasteiger partial charge in [0.15, 0.2) is 0 Å². The third kappa shape index (κ3) is 3.39. The number of rotatable bonds is 5. The third-order valence-corrected chi connectivity index (χ3v) is 7.43. The van der Waals surface area contributed by atoms with Crippen LogP contribution in [0.25, 0.3) is 0 Å². The molecule has 1 heterocycles. The second-order valence-electron chi connectivity index (χ2n) is 8.57. The SMILES string of the molecule is CC(=O)Nc1ccc(NC(=O)CSc2nnc3c(n2)[C@@]2(C)CC[C@@H]3C2(C)C)cc1. The fourth-order valence-corrected chi connectivity index (χ4v) is 5.18. The van der Waals surface area contributed by atoms with Crippen molar-refractivity contribution in [2.24, 2.45) is 5.41 Å². The minimum Gasteiger partial charge on any atom is -0.326 e. The van der Waals surface area contributed by atoms with E-state index in [9.17, 15) is 9.59 Å². The van der Waals surface area contributed by atoms with Gasteiger partial charge in [0.05, 0.1) is 17.1 Å². The third-order valence-electron chi connectivity index (χ3n) is 6.59. The van der Waals surface area contributed by atoms with Crippen LogP contribution in [0, 0.1) is 5.41 Å². The topological polar surface area (TPSA) is 96.9 Å². The average Bonchev–Trinajstić information content (AvgIpc) is 3.00. The highest BCUT2D eigenvalue weighted by molar-refractivity contribution is 7.99. The summed E-state index contributed by atoms with van der Waals surface area (Å²) < 4.78 is 0. The molecule has 0 aliphatic heterocycles. The minimum atomic E-state index is -0.139. The molecule has 0 saturated heterocycles. The smallest absolute Gasteiger partial charge is 0.234 e. The van der Waals surface area contributed by atoms with Crippen molar-refractivity contribution in [3.63, 3.8) is 0 Å². The average molecular weight is 412 g/mol. The Labute approximate surface area is 174 Å². The number of carbonyl (C=O) groups excluding carboxylic acids is 2. The van der Waals surface area contributed by atoms with E-state index in [1.165, 1.54) is 18.7 Å². The molecule has 2 aliphatic carbocycles. The number of fused-ring (bicyclic) bond motifs is 5. The van der Waals surface area contributed by atoms with Gasteiger partial charge in [-0.05, 0) is 42.5 Å². The molecule has 2 bridgehead atoms. The van der Waals surface area contributed by atoms with Gasteiger partial charge < -0.3 is 10.6 Å². The summed E-state index contributed by atoms with van der Waals surface area (Å²) >= 11 is 1.30. The van der Waals surface area contributed by atoms with E-state index in [0.29, 0.717) is 22.4 Å². The lowest BCUT2D eigenvalue weighted by Gasteiger charge is -2.33. The Balaban J connectivity index is 1.38. The molecule has 1 saturated carbocycles. The van der Waals surface area contributed by atoms with E-state index in [-0.39, 0.29) is 28.4 Å². The zero-order chi connectivity index (χ0) is 20.8. The van der Waals surface area contributed by atoms with Crippen LogP contribution in [0.4, 0.5) is 11.4 Å². The lowest BCUT2D eigenvalue weighted by molar-refractivity contribution is -0.114. The molecule has 1 aromatic heterocycles. The first kappa shape index (κ1) is 19.8.